The number of aryl methyl sites for hydroxylation is 1. The van der Waals surface area contributed by atoms with Gasteiger partial charge in [-0.05, 0) is 25.5 Å². The van der Waals surface area contributed by atoms with E-state index in [2.05, 4.69) is 11.9 Å². The maximum atomic E-state index is 7.48. The van der Waals surface area contributed by atoms with Gasteiger partial charge in [0.25, 0.3) is 0 Å². The number of amidine groups is 1. The van der Waals surface area contributed by atoms with E-state index in [0.717, 1.165) is 30.0 Å². The van der Waals surface area contributed by atoms with Crippen molar-refractivity contribution in [1.82, 2.24) is 9.55 Å². The average Bonchev–Trinajstić information content (AvgIpc) is 2.75. The zero-order valence-electron chi connectivity index (χ0n) is 13.0. The molecule has 0 saturated carbocycles. The van der Waals surface area contributed by atoms with Gasteiger partial charge in [0.05, 0.1) is 0 Å². The van der Waals surface area contributed by atoms with Crippen molar-refractivity contribution < 1.29 is 0 Å². The number of nitrogens with one attached hydrogen (secondary N) is 1. The van der Waals surface area contributed by atoms with Gasteiger partial charge in [0.15, 0.2) is 0 Å². The van der Waals surface area contributed by atoms with Gasteiger partial charge in [-0.15, -0.1) is 0 Å². The lowest BCUT2D eigenvalue weighted by molar-refractivity contribution is 0.591. The minimum Gasteiger partial charge on any atom is -0.398 e. The molecule has 6 heteroatoms. The summed E-state index contributed by atoms with van der Waals surface area (Å²) in [6.07, 6.45) is 3.42. The Balaban J connectivity index is 2.35. The highest BCUT2D eigenvalue weighted by atomic mass is 35.5. The smallest absolute Gasteiger partial charge is 0.136 e. The second-order valence-corrected chi connectivity index (χ2v) is 5.73. The van der Waals surface area contributed by atoms with E-state index in [1.54, 1.807) is 12.1 Å². The minimum atomic E-state index is -0.0450. The number of halogens is 1. The predicted molar refractivity (Wildman–Crippen MR) is 92.4 cm³/mol. The first-order chi connectivity index (χ1) is 10.5. The molecule has 0 bridgehead atoms. The van der Waals surface area contributed by atoms with E-state index < -0.39 is 0 Å². The molecule has 0 radical (unpaired) electrons. The fourth-order valence-corrected chi connectivity index (χ4v) is 2.82. The molecule has 1 heterocycles. The van der Waals surface area contributed by atoms with Crippen LogP contribution in [0, 0.1) is 12.3 Å². The SMILES string of the molecule is CCCCCn1c(C)nc(-c2ccc(C(=N)N)c(N)c2)c1Cl. The number of anilines is 1. The molecule has 2 rings (SSSR count). The Morgan fingerprint density at radius 1 is 1.36 bits per heavy atom. The molecule has 0 aliphatic carbocycles. The van der Waals surface area contributed by atoms with E-state index in [1.807, 2.05) is 17.6 Å². The molecule has 0 unspecified atom stereocenters. The maximum Gasteiger partial charge on any atom is 0.136 e. The number of imidazole rings is 1. The Bertz CT molecular complexity index is 690. The van der Waals surface area contributed by atoms with Crippen molar-refractivity contribution in [3.05, 3.63) is 34.7 Å². The Morgan fingerprint density at radius 2 is 2.09 bits per heavy atom. The molecule has 5 nitrogen and oxygen atoms in total. The first-order valence-corrected chi connectivity index (χ1v) is 7.80. The summed E-state index contributed by atoms with van der Waals surface area (Å²) in [5.74, 6) is 0.849. The van der Waals surface area contributed by atoms with Crippen LogP contribution in [-0.4, -0.2) is 15.4 Å². The molecule has 0 aliphatic rings. The van der Waals surface area contributed by atoms with Crippen LogP contribution >= 0.6 is 11.6 Å². The van der Waals surface area contributed by atoms with Crippen molar-refractivity contribution in [2.45, 2.75) is 39.7 Å². The lowest BCUT2D eigenvalue weighted by atomic mass is 10.1. The van der Waals surface area contributed by atoms with Crippen LogP contribution in [0.5, 0.6) is 0 Å². The molecule has 0 spiro atoms. The third-order valence-electron chi connectivity index (χ3n) is 3.70. The Labute approximate surface area is 135 Å². The summed E-state index contributed by atoms with van der Waals surface area (Å²) in [6.45, 7) is 4.99. The first kappa shape index (κ1) is 16.4. The largest absolute Gasteiger partial charge is 0.398 e. The van der Waals surface area contributed by atoms with Crippen molar-refractivity contribution in [2.24, 2.45) is 5.73 Å². The summed E-state index contributed by atoms with van der Waals surface area (Å²) in [7, 11) is 0. The number of unbranched alkanes of at least 4 members (excludes halogenated alkanes) is 2. The summed E-state index contributed by atoms with van der Waals surface area (Å²) < 4.78 is 2.03. The molecule has 22 heavy (non-hydrogen) atoms. The molecule has 0 saturated heterocycles. The van der Waals surface area contributed by atoms with E-state index in [9.17, 15) is 0 Å². The summed E-state index contributed by atoms with van der Waals surface area (Å²) >= 11 is 6.49. The summed E-state index contributed by atoms with van der Waals surface area (Å²) in [6, 6.07) is 5.34. The van der Waals surface area contributed by atoms with Crippen molar-refractivity contribution in [2.75, 3.05) is 5.73 Å². The number of benzene rings is 1. The van der Waals surface area contributed by atoms with Crippen LogP contribution in [0.4, 0.5) is 5.69 Å². The van der Waals surface area contributed by atoms with Gasteiger partial charge in [0.2, 0.25) is 0 Å². The number of nitrogens with two attached hydrogens (primary N) is 2. The monoisotopic (exact) mass is 319 g/mol. The molecule has 0 fully saturated rings. The van der Waals surface area contributed by atoms with Crippen LogP contribution in [0.25, 0.3) is 11.3 Å². The van der Waals surface area contributed by atoms with Crippen LogP contribution in [0.3, 0.4) is 0 Å². The zero-order chi connectivity index (χ0) is 16.3. The average molecular weight is 320 g/mol. The molecule has 5 N–H and O–H groups in total. The third-order valence-corrected chi connectivity index (χ3v) is 4.08. The standard InChI is InChI=1S/C16H22ClN5/c1-3-4-5-8-22-10(2)21-14(15(22)17)11-6-7-12(16(19)20)13(18)9-11/h6-7,9H,3-5,8,18H2,1-2H3,(H3,19,20). The van der Waals surface area contributed by atoms with Crippen molar-refractivity contribution in [3.63, 3.8) is 0 Å². The fourth-order valence-electron chi connectivity index (χ4n) is 2.46. The quantitative estimate of drug-likeness (QED) is 0.329. The first-order valence-electron chi connectivity index (χ1n) is 7.42. The Morgan fingerprint density at radius 3 is 2.68 bits per heavy atom. The van der Waals surface area contributed by atoms with Gasteiger partial charge < -0.3 is 16.0 Å². The highest BCUT2D eigenvalue weighted by molar-refractivity contribution is 6.32. The number of hydrogen-bond donors (Lipinski definition) is 3. The van der Waals surface area contributed by atoms with Gasteiger partial charge in [0.1, 0.15) is 22.5 Å². The van der Waals surface area contributed by atoms with Gasteiger partial charge in [-0.1, -0.05) is 37.4 Å². The Kier molecular flexibility index (Phi) is 5.08. The normalized spacial score (nSPS) is 10.9. The molecule has 0 aliphatic heterocycles. The topological polar surface area (TPSA) is 93.7 Å². The molecule has 1 aromatic carbocycles. The molecule has 0 amide bonds. The lowest BCUT2D eigenvalue weighted by Crippen LogP contribution is -2.13. The Hall–Kier alpha value is -2.01. The van der Waals surface area contributed by atoms with Gasteiger partial charge in [0, 0.05) is 23.4 Å². The van der Waals surface area contributed by atoms with Crippen LogP contribution in [-0.2, 0) is 6.54 Å². The zero-order valence-corrected chi connectivity index (χ0v) is 13.7. The van der Waals surface area contributed by atoms with E-state index in [-0.39, 0.29) is 5.84 Å². The van der Waals surface area contributed by atoms with E-state index in [4.69, 9.17) is 28.5 Å². The second kappa shape index (κ2) is 6.83. The maximum absolute atomic E-state index is 7.48. The van der Waals surface area contributed by atoms with Crippen molar-refractivity contribution >= 4 is 23.1 Å². The van der Waals surface area contributed by atoms with Gasteiger partial charge in [-0.3, -0.25) is 5.41 Å². The molecule has 2 aromatic rings. The van der Waals surface area contributed by atoms with E-state index >= 15 is 0 Å². The summed E-state index contributed by atoms with van der Waals surface area (Å²) in [5.41, 5.74) is 14.0. The lowest BCUT2D eigenvalue weighted by Gasteiger charge is -2.07. The number of aromatic nitrogens is 2. The van der Waals surface area contributed by atoms with Crippen LogP contribution in [0.15, 0.2) is 18.2 Å². The number of nitrogens with zero attached hydrogens (tertiary/aromatic N) is 2. The van der Waals surface area contributed by atoms with E-state index in [0.29, 0.717) is 16.4 Å². The predicted octanol–water partition coefficient (Wildman–Crippen LogP) is 3.57. The third kappa shape index (κ3) is 3.25. The van der Waals surface area contributed by atoms with Crippen LogP contribution < -0.4 is 11.5 Å². The minimum absolute atomic E-state index is 0.0450. The summed E-state index contributed by atoms with van der Waals surface area (Å²) in [4.78, 5) is 4.57. The number of hydrogen-bond acceptors (Lipinski definition) is 3. The fraction of sp³-hybridized carbons (Fsp3) is 0.375. The van der Waals surface area contributed by atoms with E-state index in [1.165, 1.54) is 12.8 Å². The number of nitrogen functional groups attached to an aromatic ring is 2. The molecule has 118 valence electrons. The van der Waals surface area contributed by atoms with Gasteiger partial charge >= 0.3 is 0 Å². The van der Waals surface area contributed by atoms with Crippen LogP contribution in [0.1, 0.15) is 37.6 Å². The van der Waals surface area contributed by atoms with Crippen molar-refractivity contribution in [3.8, 4) is 11.3 Å². The molecular formula is C16H22ClN5. The second-order valence-electron chi connectivity index (χ2n) is 5.37. The highest BCUT2D eigenvalue weighted by Crippen LogP contribution is 2.30. The molecule has 0 atom stereocenters. The van der Waals surface area contributed by atoms with Gasteiger partial charge in [-0.25, -0.2) is 4.98 Å². The summed E-state index contributed by atoms with van der Waals surface area (Å²) in [5, 5.41) is 8.11. The molecular weight excluding hydrogens is 298 g/mol. The van der Waals surface area contributed by atoms with Crippen molar-refractivity contribution in [1.29, 1.82) is 5.41 Å². The van der Waals surface area contributed by atoms with Crippen LogP contribution in [0.2, 0.25) is 5.15 Å². The highest BCUT2D eigenvalue weighted by Gasteiger charge is 2.15. The van der Waals surface area contributed by atoms with Gasteiger partial charge in [-0.2, -0.15) is 0 Å². The molecule has 1 aromatic heterocycles. The number of rotatable bonds is 6.